The first-order valence-electron chi connectivity index (χ1n) is 8.66. The molecule has 158 valence electrons. The van der Waals surface area contributed by atoms with Crippen LogP contribution in [0.3, 0.4) is 0 Å². The van der Waals surface area contributed by atoms with E-state index in [4.69, 9.17) is 51.8 Å². The first-order valence-corrected chi connectivity index (χ1v) is 10.2. The van der Waals surface area contributed by atoms with Crippen LogP contribution in [0.1, 0.15) is 15.9 Å². The molecule has 0 aliphatic carbocycles. The Morgan fingerprint density at radius 1 is 1.17 bits per heavy atom. The predicted molar refractivity (Wildman–Crippen MR) is 127 cm³/mol. The molecule has 0 unspecified atom stereocenters. The molecular formula is C20H19Cl3N4O2S. The predicted octanol–water partition coefficient (Wildman–Crippen LogP) is 4.18. The van der Waals surface area contributed by atoms with Crippen molar-refractivity contribution in [3.63, 3.8) is 0 Å². The summed E-state index contributed by atoms with van der Waals surface area (Å²) in [4.78, 5) is 12.4. The monoisotopic (exact) mass is 484 g/mol. The lowest BCUT2D eigenvalue weighted by Gasteiger charge is -2.26. The van der Waals surface area contributed by atoms with Crippen LogP contribution >= 0.6 is 47.0 Å². The summed E-state index contributed by atoms with van der Waals surface area (Å²) in [5.41, 5.74) is 3.88. The highest BCUT2D eigenvalue weighted by molar-refractivity contribution is 7.80. The zero-order chi connectivity index (χ0) is 22.0. The Labute approximate surface area is 195 Å². The number of ether oxygens (including phenoxy) is 1. The molecule has 0 aliphatic heterocycles. The SMILES string of the molecule is C=CCNC(=S)N/N=C\c1ccc(O[C@@H](NC(=O)c2ccccc2)C(Cl)(Cl)Cl)cc1. The second-order valence-electron chi connectivity index (χ2n) is 5.82. The maximum atomic E-state index is 12.4. The molecule has 0 heterocycles. The van der Waals surface area contributed by atoms with E-state index in [-0.39, 0.29) is 0 Å². The summed E-state index contributed by atoms with van der Waals surface area (Å²) >= 11 is 23.0. The standard InChI is InChI=1S/C20H19Cl3N4O2S/c1-2-12-24-19(30)27-25-13-14-8-10-16(11-9-14)29-18(20(21,22)23)26-17(28)15-6-4-3-5-7-15/h2-11,13,18H,1,12H2,(H,26,28)(H2,24,27,30)/b25-13-/t18-/m1/s1. The van der Waals surface area contributed by atoms with Gasteiger partial charge in [0.05, 0.1) is 6.21 Å². The average molecular weight is 486 g/mol. The third kappa shape index (κ3) is 8.20. The van der Waals surface area contributed by atoms with E-state index in [0.717, 1.165) is 5.56 Å². The largest absolute Gasteiger partial charge is 0.466 e. The number of thiocarbonyl (C=S) groups is 1. The molecule has 0 saturated heterocycles. The number of nitrogens with one attached hydrogen (secondary N) is 3. The second kappa shape index (κ2) is 11.8. The minimum atomic E-state index is -1.89. The molecule has 0 aliphatic rings. The van der Waals surface area contributed by atoms with Gasteiger partial charge in [-0.2, -0.15) is 5.10 Å². The molecule has 1 amide bonds. The molecule has 0 saturated carbocycles. The van der Waals surface area contributed by atoms with Crippen molar-refractivity contribution >= 4 is 64.3 Å². The first kappa shape index (κ1) is 24.0. The van der Waals surface area contributed by atoms with Crippen LogP contribution in [0.15, 0.2) is 72.4 Å². The van der Waals surface area contributed by atoms with Gasteiger partial charge in [-0.05, 0) is 54.2 Å². The van der Waals surface area contributed by atoms with Crippen LogP contribution in [0.2, 0.25) is 0 Å². The molecule has 30 heavy (non-hydrogen) atoms. The minimum absolute atomic E-state index is 0.380. The van der Waals surface area contributed by atoms with E-state index in [2.05, 4.69) is 27.7 Å². The third-order valence-electron chi connectivity index (χ3n) is 3.52. The number of nitrogens with zero attached hydrogens (tertiary/aromatic N) is 1. The van der Waals surface area contributed by atoms with Crippen LogP contribution in [0.5, 0.6) is 5.75 Å². The fraction of sp³-hybridized carbons (Fsp3) is 0.150. The van der Waals surface area contributed by atoms with Crippen LogP contribution in [-0.4, -0.2) is 33.8 Å². The number of amides is 1. The topological polar surface area (TPSA) is 74.8 Å². The van der Waals surface area contributed by atoms with Crippen molar-refractivity contribution in [2.45, 2.75) is 10.0 Å². The van der Waals surface area contributed by atoms with Gasteiger partial charge >= 0.3 is 0 Å². The molecule has 0 radical (unpaired) electrons. The van der Waals surface area contributed by atoms with E-state index < -0.39 is 15.9 Å². The lowest BCUT2D eigenvalue weighted by atomic mass is 10.2. The first-order chi connectivity index (χ1) is 14.3. The van der Waals surface area contributed by atoms with E-state index >= 15 is 0 Å². The number of alkyl halides is 3. The molecule has 0 spiro atoms. The summed E-state index contributed by atoms with van der Waals surface area (Å²) in [6, 6.07) is 15.4. The second-order valence-corrected chi connectivity index (χ2v) is 8.59. The Hall–Kier alpha value is -2.32. The zero-order valence-corrected chi connectivity index (χ0v) is 18.7. The van der Waals surface area contributed by atoms with Crippen LogP contribution in [-0.2, 0) is 0 Å². The van der Waals surface area contributed by atoms with Crippen molar-refractivity contribution < 1.29 is 9.53 Å². The molecule has 2 rings (SSSR count). The molecule has 2 aromatic carbocycles. The van der Waals surface area contributed by atoms with Crippen molar-refractivity contribution in [3.05, 3.63) is 78.4 Å². The van der Waals surface area contributed by atoms with Gasteiger partial charge in [0, 0.05) is 12.1 Å². The van der Waals surface area contributed by atoms with Gasteiger partial charge in [0.2, 0.25) is 10.0 Å². The Kier molecular flexibility index (Phi) is 9.39. The zero-order valence-electron chi connectivity index (χ0n) is 15.6. The van der Waals surface area contributed by atoms with Crippen molar-refractivity contribution in [3.8, 4) is 5.75 Å². The number of hydrazone groups is 1. The van der Waals surface area contributed by atoms with Gasteiger partial charge in [0.25, 0.3) is 5.91 Å². The molecule has 2 aromatic rings. The van der Waals surface area contributed by atoms with E-state index in [9.17, 15) is 4.79 Å². The molecular weight excluding hydrogens is 467 g/mol. The molecule has 6 nitrogen and oxygen atoms in total. The van der Waals surface area contributed by atoms with Crippen LogP contribution in [0.4, 0.5) is 0 Å². The maximum absolute atomic E-state index is 12.4. The molecule has 1 atom stereocenters. The number of hydrogen-bond acceptors (Lipinski definition) is 4. The third-order valence-corrected chi connectivity index (χ3v) is 4.35. The molecule has 0 aromatic heterocycles. The fourth-order valence-corrected chi connectivity index (χ4v) is 2.54. The molecule has 0 fully saturated rings. The molecule has 0 bridgehead atoms. The number of carbonyl (C=O) groups excluding carboxylic acids is 1. The maximum Gasteiger partial charge on any atom is 0.254 e. The van der Waals surface area contributed by atoms with Gasteiger partial charge in [0.1, 0.15) is 5.75 Å². The lowest BCUT2D eigenvalue weighted by molar-refractivity contribution is 0.0833. The van der Waals surface area contributed by atoms with Crippen LogP contribution in [0, 0.1) is 0 Å². The van der Waals surface area contributed by atoms with Gasteiger partial charge < -0.3 is 15.4 Å². The summed E-state index contributed by atoms with van der Waals surface area (Å²) < 4.78 is 3.80. The van der Waals surface area contributed by atoms with Crippen molar-refractivity contribution in [1.29, 1.82) is 0 Å². The van der Waals surface area contributed by atoms with E-state index in [1.54, 1.807) is 66.9 Å². The fourth-order valence-electron chi connectivity index (χ4n) is 2.11. The van der Waals surface area contributed by atoms with Crippen molar-refractivity contribution in [2.75, 3.05) is 6.54 Å². The van der Waals surface area contributed by atoms with E-state index in [1.165, 1.54) is 0 Å². The number of benzene rings is 2. The highest BCUT2D eigenvalue weighted by Gasteiger charge is 2.36. The van der Waals surface area contributed by atoms with E-state index in [1.807, 2.05) is 0 Å². The average Bonchev–Trinajstić information content (AvgIpc) is 2.73. The molecule has 10 heteroatoms. The minimum Gasteiger partial charge on any atom is -0.466 e. The highest BCUT2D eigenvalue weighted by Crippen LogP contribution is 2.32. The van der Waals surface area contributed by atoms with Gasteiger partial charge in [-0.25, -0.2) is 0 Å². The summed E-state index contributed by atoms with van der Waals surface area (Å²) in [6.07, 6.45) is 2.06. The van der Waals surface area contributed by atoms with Crippen molar-refractivity contribution in [2.24, 2.45) is 5.10 Å². The highest BCUT2D eigenvalue weighted by atomic mass is 35.6. The summed E-state index contributed by atoms with van der Waals surface area (Å²) in [6.45, 7) is 4.13. The summed E-state index contributed by atoms with van der Waals surface area (Å²) in [5, 5.41) is 9.87. The Morgan fingerprint density at radius 2 is 1.83 bits per heavy atom. The number of carbonyl (C=O) groups is 1. The Bertz CT molecular complexity index is 887. The van der Waals surface area contributed by atoms with Gasteiger partial charge in [-0.3, -0.25) is 10.2 Å². The van der Waals surface area contributed by atoms with Gasteiger partial charge in [-0.15, -0.1) is 6.58 Å². The smallest absolute Gasteiger partial charge is 0.254 e. The summed E-state index contributed by atoms with van der Waals surface area (Å²) in [5.74, 6) is -0.0317. The summed E-state index contributed by atoms with van der Waals surface area (Å²) in [7, 11) is 0. The van der Waals surface area contributed by atoms with Gasteiger partial charge in [0.15, 0.2) is 5.11 Å². The Balaban J connectivity index is 1.99. The van der Waals surface area contributed by atoms with Gasteiger partial charge in [-0.1, -0.05) is 59.1 Å². The van der Waals surface area contributed by atoms with Crippen molar-refractivity contribution in [1.82, 2.24) is 16.1 Å². The number of hydrogen-bond donors (Lipinski definition) is 3. The normalized spacial score (nSPS) is 12.1. The Morgan fingerprint density at radius 3 is 2.43 bits per heavy atom. The number of rotatable bonds is 8. The van der Waals surface area contributed by atoms with Crippen LogP contribution in [0.25, 0.3) is 0 Å². The van der Waals surface area contributed by atoms with Crippen LogP contribution < -0.4 is 20.8 Å². The van der Waals surface area contributed by atoms with E-state index in [0.29, 0.717) is 23.0 Å². The quantitative estimate of drug-likeness (QED) is 0.131. The molecule has 3 N–H and O–H groups in total. The lowest BCUT2D eigenvalue weighted by Crippen LogP contribution is -2.47. The number of halogens is 3.